The highest BCUT2D eigenvalue weighted by molar-refractivity contribution is 7.80. The summed E-state index contributed by atoms with van der Waals surface area (Å²) >= 11 is 4.66. The average Bonchev–Trinajstić information content (AvgIpc) is 1.80. The number of unbranched alkanes of at least 4 members (excludes halogenated alkanes) is 1. The Morgan fingerprint density at radius 1 is 1.56 bits per heavy atom. The third-order valence-corrected chi connectivity index (χ3v) is 0.976. The van der Waals surface area contributed by atoms with Crippen molar-refractivity contribution >= 4 is 17.3 Å². The summed E-state index contributed by atoms with van der Waals surface area (Å²) in [6, 6.07) is 0. The number of aliphatic hydroxyl groups is 1. The molecule has 2 nitrogen and oxygen atoms in total. The van der Waals surface area contributed by atoms with Gasteiger partial charge in [-0.1, -0.05) is 0 Å². The smallest absolute Gasteiger partial charge is 0.156 e. The Labute approximate surface area is 60.8 Å². The second-order valence-corrected chi connectivity index (χ2v) is 2.35. The van der Waals surface area contributed by atoms with Crippen LogP contribution < -0.4 is 0 Å². The van der Waals surface area contributed by atoms with Gasteiger partial charge in [-0.3, -0.25) is 0 Å². The second kappa shape index (κ2) is 5.98. The van der Waals surface area contributed by atoms with Gasteiger partial charge in [0.15, 0.2) is 5.05 Å². The molecule has 0 aromatic rings. The number of aliphatic hydroxyl groups excluding tert-OH is 1. The number of thiocarbonyl (C=S) groups is 1. The Morgan fingerprint density at radius 2 is 2.22 bits per heavy atom. The summed E-state index contributed by atoms with van der Waals surface area (Å²) < 4.78 is 4.96. The van der Waals surface area contributed by atoms with Crippen LogP contribution in [0.25, 0.3) is 0 Å². The van der Waals surface area contributed by atoms with Crippen molar-refractivity contribution in [3.63, 3.8) is 0 Å². The van der Waals surface area contributed by atoms with Crippen LogP contribution in [0.1, 0.15) is 19.8 Å². The fourth-order valence-electron chi connectivity index (χ4n) is 0.430. The number of rotatable bonds is 4. The average molecular weight is 148 g/mol. The second-order valence-electron chi connectivity index (χ2n) is 1.77. The van der Waals surface area contributed by atoms with Gasteiger partial charge in [0.25, 0.3) is 0 Å². The molecular weight excluding hydrogens is 136 g/mol. The van der Waals surface area contributed by atoms with Gasteiger partial charge in [0.2, 0.25) is 0 Å². The van der Waals surface area contributed by atoms with E-state index >= 15 is 0 Å². The molecule has 0 heterocycles. The van der Waals surface area contributed by atoms with E-state index in [4.69, 9.17) is 9.84 Å². The van der Waals surface area contributed by atoms with Crippen molar-refractivity contribution in [2.75, 3.05) is 13.2 Å². The van der Waals surface area contributed by atoms with Gasteiger partial charge >= 0.3 is 0 Å². The molecule has 0 spiro atoms. The summed E-state index contributed by atoms with van der Waals surface area (Å²) in [6.07, 6.45) is 1.67. The van der Waals surface area contributed by atoms with Crippen LogP contribution >= 0.6 is 12.2 Å². The predicted molar refractivity (Wildman–Crippen MR) is 40.5 cm³/mol. The van der Waals surface area contributed by atoms with Crippen molar-refractivity contribution in [1.82, 2.24) is 0 Å². The molecule has 1 N–H and O–H groups in total. The van der Waals surface area contributed by atoms with Crippen LogP contribution in [0.5, 0.6) is 0 Å². The van der Waals surface area contributed by atoms with E-state index in [0.717, 1.165) is 12.8 Å². The highest BCUT2D eigenvalue weighted by Crippen LogP contribution is 1.89. The molecule has 0 aliphatic carbocycles. The Kier molecular flexibility index (Phi) is 5.88. The Balaban J connectivity index is 2.83. The van der Waals surface area contributed by atoms with Crippen LogP contribution in [-0.2, 0) is 4.74 Å². The van der Waals surface area contributed by atoms with Gasteiger partial charge in [-0.25, -0.2) is 0 Å². The molecule has 0 atom stereocenters. The minimum absolute atomic E-state index is 0.236. The quantitative estimate of drug-likeness (QED) is 0.478. The zero-order valence-electron chi connectivity index (χ0n) is 5.59. The lowest BCUT2D eigenvalue weighted by atomic mass is 10.3. The highest BCUT2D eigenvalue weighted by Gasteiger charge is 1.87. The lowest BCUT2D eigenvalue weighted by Gasteiger charge is -2.00. The first-order valence-corrected chi connectivity index (χ1v) is 3.42. The third-order valence-electron chi connectivity index (χ3n) is 0.858. The standard InChI is InChI=1S/C6H12O2S/c1-6(9)8-5-3-2-4-7/h7H,2-5H2,1H3. The van der Waals surface area contributed by atoms with Gasteiger partial charge in [-0.2, -0.15) is 0 Å². The molecule has 54 valence electrons. The van der Waals surface area contributed by atoms with Gasteiger partial charge in [0.05, 0.1) is 6.61 Å². The molecule has 9 heavy (non-hydrogen) atoms. The highest BCUT2D eigenvalue weighted by atomic mass is 32.1. The summed E-state index contributed by atoms with van der Waals surface area (Å²) in [5.74, 6) is 0. The van der Waals surface area contributed by atoms with E-state index in [0.29, 0.717) is 11.7 Å². The molecule has 0 unspecified atom stereocenters. The zero-order valence-corrected chi connectivity index (χ0v) is 6.41. The lowest BCUT2D eigenvalue weighted by molar-refractivity contribution is 0.250. The molecule has 0 aliphatic rings. The van der Waals surface area contributed by atoms with Crippen molar-refractivity contribution in [2.45, 2.75) is 19.8 Å². The van der Waals surface area contributed by atoms with Crippen molar-refractivity contribution in [3.8, 4) is 0 Å². The maximum absolute atomic E-state index is 8.34. The van der Waals surface area contributed by atoms with Crippen molar-refractivity contribution in [1.29, 1.82) is 0 Å². The van der Waals surface area contributed by atoms with Gasteiger partial charge in [0, 0.05) is 13.5 Å². The molecule has 0 bridgehead atoms. The van der Waals surface area contributed by atoms with Crippen molar-refractivity contribution in [2.24, 2.45) is 0 Å². The molecule has 0 amide bonds. The lowest BCUT2D eigenvalue weighted by Crippen LogP contribution is -1.98. The van der Waals surface area contributed by atoms with E-state index < -0.39 is 0 Å². The zero-order chi connectivity index (χ0) is 7.11. The Hall–Kier alpha value is -0.150. The van der Waals surface area contributed by atoms with E-state index in [1.807, 2.05) is 0 Å². The maximum Gasteiger partial charge on any atom is 0.156 e. The number of hydrogen-bond donors (Lipinski definition) is 1. The first-order valence-electron chi connectivity index (χ1n) is 3.01. The van der Waals surface area contributed by atoms with Crippen molar-refractivity contribution in [3.05, 3.63) is 0 Å². The van der Waals surface area contributed by atoms with Crippen molar-refractivity contribution < 1.29 is 9.84 Å². The molecule has 0 aromatic carbocycles. The molecule has 0 fully saturated rings. The van der Waals surface area contributed by atoms with E-state index in [1.54, 1.807) is 6.92 Å². The van der Waals surface area contributed by atoms with E-state index in [2.05, 4.69) is 12.2 Å². The fourth-order valence-corrected chi connectivity index (χ4v) is 0.513. The topological polar surface area (TPSA) is 29.5 Å². The first kappa shape index (κ1) is 8.85. The van der Waals surface area contributed by atoms with E-state index in [1.165, 1.54) is 0 Å². The Morgan fingerprint density at radius 3 is 2.67 bits per heavy atom. The number of ether oxygens (including phenoxy) is 1. The van der Waals surface area contributed by atoms with Gasteiger partial charge in [-0.05, 0) is 25.1 Å². The molecule has 3 heteroatoms. The third kappa shape index (κ3) is 7.85. The normalized spacial score (nSPS) is 9.11. The summed E-state index contributed by atoms with van der Waals surface area (Å²) in [5.41, 5.74) is 0. The van der Waals surface area contributed by atoms with Gasteiger partial charge in [0.1, 0.15) is 0 Å². The first-order chi connectivity index (χ1) is 4.27. The van der Waals surface area contributed by atoms with E-state index in [-0.39, 0.29) is 6.61 Å². The van der Waals surface area contributed by atoms with Crippen LogP contribution in [0.2, 0.25) is 0 Å². The van der Waals surface area contributed by atoms with Crippen LogP contribution in [0.4, 0.5) is 0 Å². The largest absolute Gasteiger partial charge is 0.487 e. The molecule has 0 aliphatic heterocycles. The summed E-state index contributed by atoms with van der Waals surface area (Å²) in [4.78, 5) is 0. The molecule has 0 saturated carbocycles. The van der Waals surface area contributed by atoms with Crippen LogP contribution in [0.15, 0.2) is 0 Å². The van der Waals surface area contributed by atoms with E-state index in [9.17, 15) is 0 Å². The number of hydrogen-bond acceptors (Lipinski definition) is 3. The van der Waals surface area contributed by atoms with Gasteiger partial charge in [-0.15, -0.1) is 0 Å². The van der Waals surface area contributed by atoms with Gasteiger partial charge < -0.3 is 9.84 Å². The molecule has 0 aromatic heterocycles. The maximum atomic E-state index is 8.34. The summed E-state index contributed by atoms with van der Waals surface area (Å²) in [7, 11) is 0. The van der Waals surface area contributed by atoms with Crippen LogP contribution in [0, 0.1) is 0 Å². The van der Waals surface area contributed by atoms with Crippen LogP contribution in [0.3, 0.4) is 0 Å². The molecule has 0 rings (SSSR count). The molecule has 0 radical (unpaired) electrons. The SMILES string of the molecule is CC(=S)OCCCCO. The summed E-state index contributed by atoms with van der Waals surface area (Å²) in [6.45, 7) is 2.62. The minimum Gasteiger partial charge on any atom is -0.487 e. The molecule has 0 saturated heterocycles. The fraction of sp³-hybridized carbons (Fsp3) is 0.833. The minimum atomic E-state index is 0.236. The monoisotopic (exact) mass is 148 g/mol. The Bertz CT molecular complexity index is 83.1. The summed E-state index contributed by atoms with van der Waals surface area (Å²) in [5, 5.41) is 8.92. The van der Waals surface area contributed by atoms with Crippen LogP contribution in [-0.4, -0.2) is 23.4 Å². The predicted octanol–water partition coefficient (Wildman–Crippen LogP) is 1.12. The molecular formula is C6H12O2S.